The van der Waals surface area contributed by atoms with Crippen molar-refractivity contribution >= 4 is 11.6 Å². The molecule has 0 saturated carbocycles. The minimum Gasteiger partial charge on any atom is -0.483 e. The van der Waals surface area contributed by atoms with Crippen molar-refractivity contribution in [1.29, 1.82) is 0 Å². The molecule has 0 radical (unpaired) electrons. The van der Waals surface area contributed by atoms with Crippen molar-refractivity contribution in [3.63, 3.8) is 0 Å². The highest BCUT2D eigenvalue weighted by atomic mass is 16.5. The number of carbonyl (C=O) groups excluding carboxylic acids is 1. The summed E-state index contributed by atoms with van der Waals surface area (Å²) in [6.07, 6.45) is 4.49. The van der Waals surface area contributed by atoms with Crippen LogP contribution in [0.3, 0.4) is 0 Å². The monoisotopic (exact) mass is 432 g/mol. The van der Waals surface area contributed by atoms with Crippen molar-refractivity contribution in [3.05, 3.63) is 58.9 Å². The Morgan fingerprint density at radius 1 is 1.12 bits per heavy atom. The molecule has 1 aliphatic heterocycles. The number of rotatable bonds is 6. The van der Waals surface area contributed by atoms with Crippen LogP contribution in [0.5, 0.6) is 5.75 Å². The Morgan fingerprint density at radius 2 is 1.97 bits per heavy atom. The molecule has 0 atom stereocenters. The molecule has 0 spiro atoms. The summed E-state index contributed by atoms with van der Waals surface area (Å²) in [6.45, 7) is 9.19. The summed E-state index contributed by atoms with van der Waals surface area (Å²) in [5, 5.41) is 11.9. The van der Waals surface area contributed by atoms with Gasteiger partial charge in [-0.1, -0.05) is 44.5 Å². The summed E-state index contributed by atoms with van der Waals surface area (Å²) in [5.74, 6) is 2.85. The van der Waals surface area contributed by atoms with Crippen molar-refractivity contribution < 1.29 is 9.53 Å². The summed E-state index contributed by atoms with van der Waals surface area (Å²) in [6, 6.07) is 12.1. The number of hydrogen-bond acceptors (Lipinski definition) is 4. The second-order valence-corrected chi connectivity index (χ2v) is 8.91. The normalized spacial score (nSPS) is 13.5. The fourth-order valence-corrected chi connectivity index (χ4v) is 4.27. The SMILES string of the molecule is Cc1ccc(C(C)C)c(OCC(=O)Nc2cccc(-c3nnc4n3CCCCC4)c2C)c1. The van der Waals surface area contributed by atoms with Crippen LogP contribution in [0.2, 0.25) is 0 Å². The molecule has 0 unspecified atom stereocenters. The zero-order valence-corrected chi connectivity index (χ0v) is 19.4. The number of nitrogens with one attached hydrogen (secondary N) is 1. The molecule has 1 N–H and O–H groups in total. The van der Waals surface area contributed by atoms with Crippen LogP contribution in [0, 0.1) is 13.8 Å². The molecule has 4 rings (SSSR count). The molecule has 0 fully saturated rings. The Hall–Kier alpha value is -3.15. The third kappa shape index (κ3) is 4.69. The lowest BCUT2D eigenvalue weighted by Gasteiger charge is -2.16. The molecular formula is C26H32N4O2. The number of hydrogen-bond donors (Lipinski definition) is 1. The molecular weight excluding hydrogens is 400 g/mol. The van der Waals surface area contributed by atoms with Crippen LogP contribution >= 0.6 is 0 Å². The van der Waals surface area contributed by atoms with Crippen LogP contribution in [-0.4, -0.2) is 27.3 Å². The van der Waals surface area contributed by atoms with Crippen molar-refractivity contribution in [3.8, 4) is 17.1 Å². The number of fused-ring (bicyclic) bond motifs is 1. The van der Waals surface area contributed by atoms with Crippen LogP contribution in [0.15, 0.2) is 36.4 Å². The van der Waals surface area contributed by atoms with E-state index in [4.69, 9.17) is 4.74 Å². The maximum Gasteiger partial charge on any atom is 0.262 e. The van der Waals surface area contributed by atoms with Gasteiger partial charge in [0.1, 0.15) is 11.6 Å². The number of nitrogens with zero attached hydrogens (tertiary/aromatic N) is 3. The van der Waals surface area contributed by atoms with E-state index in [2.05, 4.69) is 46.1 Å². The molecule has 0 saturated heterocycles. The summed E-state index contributed by atoms with van der Waals surface area (Å²) >= 11 is 0. The first-order chi connectivity index (χ1) is 15.4. The van der Waals surface area contributed by atoms with Crippen LogP contribution in [0.4, 0.5) is 5.69 Å². The lowest BCUT2D eigenvalue weighted by molar-refractivity contribution is -0.118. The van der Waals surface area contributed by atoms with Crippen molar-refractivity contribution in [1.82, 2.24) is 14.8 Å². The zero-order valence-electron chi connectivity index (χ0n) is 19.4. The average molecular weight is 433 g/mol. The van der Waals surface area contributed by atoms with Gasteiger partial charge in [-0.15, -0.1) is 10.2 Å². The van der Waals surface area contributed by atoms with E-state index in [9.17, 15) is 4.79 Å². The minimum absolute atomic E-state index is 0.0346. The standard InChI is InChI=1S/C26H32N4O2/c1-17(2)20-13-12-18(3)15-23(20)32-16-25(31)27-22-10-8-9-21(19(22)4)26-29-28-24-11-6-5-7-14-30(24)26/h8-10,12-13,15,17H,5-7,11,14,16H2,1-4H3,(H,27,31). The molecule has 2 aromatic carbocycles. The molecule has 32 heavy (non-hydrogen) atoms. The van der Waals surface area contributed by atoms with Gasteiger partial charge in [0, 0.05) is 24.2 Å². The van der Waals surface area contributed by atoms with Gasteiger partial charge in [-0.3, -0.25) is 4.79 Å². The summed E-state index contributed by atoms with van der Waals surface area (Å²) in [4.78, 5) is 12.7. The van der Waals surface area contributed by atoms with E-state index >= 15 is 0 Å². The number of aryl methyl sites for hydroxylation is 2. The predicted molar refractivity (Wildman–Crippen MR) is 127 cm³/mol. The van der Waals surface area contributed by atoms with Gasteiger partial charge in [0.05, 0.1) is 0 Å². The Balaban J connectivity index is 1.50. The maximum absolute atomic E-state index is 12.7. The average Bonchev–Trinajstić information content (AvgIpc) is 3.01. The fourth-order valence-electron chi connectivity index (χ4n) is 4.27. The van der Waals surface area contributed by atoms with E-state index in [0.717, 1.165) is 71.1 Å². The van der Waals surface area contributed by atoms with Crippen LogP contribution in [-0.2, 0) is 17.8 Å². The molecule has 1 aromatic heterocycles. The Labute approximate surface area is 190 Å². The molecule has 0 aliphatic carbocycles. The van der Waals surface area contributed by atoms with Crippen LogP contribution in [0.1, 0.15) is 61.5 Å². The zero-order chi connectivity index (χ0) is 22.7. The Kier molecular flexibility index (Phi) is 6.58. The number of benzene rings is 2. The highest BCUT2D eigenvalue weighted by molar-refractivity contribution is 5.93. The largest absolute Gasteiger partial charge is 0.483 e. The van der Waals surface area contributed by atoms with Gasteiger partial charge >= 0.3 is 0 Å². The van der Waals surface area contributed by atoms with Gasteiger partial charge in [-0.2, -0.15) is 0 Å². The smallest absolute Gasteiger partial charge is 0.262 e. The van der Waals surface area contributed by atoms with Crippen molar-refractivity contribution in [2.45, 2.75) is 65.8 Å². The first-order valence-corrected chi connectivity index (χ1v) is 11.5. The van der Waals surface area contributed by atoms with E-state index < -0.39 is 0 Å². The van der Waals surface area contributed by atoms with Gasteiger partial charge in [0.25, 0.3) is 5.91 Å². The van der Waals surface area contributed by atoms with E-state index in [0.29, 0.717) is 5.92 Å². The Bertz CT molecular complexity index is 1120. The molecule has 3 aromatic rings. The second-order valence-electron chi connectivity index (χ2n) is 8.91. The molecule has 6 nitrogen and oxygen atoms in total. The molecule has 1 amide bonds. The highest BCUT2D eigenvalue weighted by Gasteiger charge is 2.19. The highest BCUT2D eigenvalue weighted by Crippen LogP contribution is 2.30. The number of aromatic nitrogens is 3. The lowest BCUT2D eigenvalue weighted by atomic mass is 10.0. The molecule has 0 bridgehead atoms. The Morgan fingerprint density at radius 3 is 2.78 bits per heavy atom. The second kappa shape index (κ2) is 9.55. The van der Waals surface area contributed by atoms with Gasteiger partial charge in [0.2, 0.25) is 0 Å². The molecule has 1 aliphatic rings. The van der Waals surface area contributed by atoms with Crippen molar-refractivity contribution in [2.24, 2.45) is 0 Å². The van der Waals surface area contributed by atoms with E-state index in [1.807, 2.05) is 38.1 Å². The number of amides is 1. The van der Waals surface area contributed by atoms with E-state index in [1.165, 1.54) is 6.42 Å². The third-order valence-electron chi connectivity index (χ3n) is 6.11. The summed E-state index contributed by atoms with van der Waals surface area (Å²) in [7, 11) is 0. The van der Waals surface area contributed by atoms with Gasteiger partial charge in [-0.05, 0) is 61.4 Å². The number of ether oxygens (including phenoxy) is 1. The minimum atomic E-state index is -0.179. The quantitative estimate of drug-likeness (QED) is 0.564. The van der Waals surface area contributed by atoms with Crippen molar-refractivity contribution in [2.75, 3.05) is 11.9 Å². The maximum atomic E-state index is 12.7. The van der Waals surface area contributed by atoms with E-state index in [1.54, 1.807) is 0 Å². The van der Waals surface area contributed by atoms with E-state index in [-0.39, 0.29) is 12.5 Å². The fraction of sp³-hybridized carbons (Fsp3) is 0.423. The number of anilines is 1. The summed E-state index contributed by atoms with van der Waals surface area (Å²) in [5.41, 5.74) is 4.98. The van der Waals surface area contributed by atoms with Crippen LogP contribution < -0.4 is 10.1 Å². The third-order valence-corrected chi connectivity index (χ3v) is 6.11. The van der Waals surface area contributed by atoms with Gasteiger partial charge < -0.3 is 14.6 Å². The first kappa shape index (κ1) is 22.1. The molecule has 2 heterocycles. The van der Waals surface area contributed by atoms with Crippen LogP contribution in [0.25, 0.3) is 11.4 Å². The molecule has 168 valence electrons. The van der Waals surface area contributed by atoms with Gasteiger partial charge in [-0.25, -0.2) is 0 Å². The lowest BCUT2D eigenvalue weighted by Crippen LogP contribution is -2.21. The first-order valence-electron chi connectivity index (χ1n) is 11.5. The number of carbonyl (C=O) groups is 1. The predicted octanol–water partition coefficient (Wildman–Crippen LogP) is 5.43. The summed E-state index contributed by atoms with van der Waals surface area (Å²) < 4.78 is 8.14. The topological polar surface area (TPSA) is 69.0 Å². The molecule has 6 heteroatoms. The van der Waals surface area contributed by atoms with Gasteiger partial charge in [0.15, 0.2) is 12.4 Å².